The van der Waals surface area contributed by atoms with Crippen LogP contribution < -0.4 is 5.56 Å². The number of nitrogens with zero attached hydrogens (tertiary/aromatic N) is 3. The molecule has 0 aromatic carbocycles. The minimum absolute atomic E-state index is 0.0193. The lowest BCUT2D eigenvalue weighted by Crippen LogP contribution is -2.38. The van der Waals surface area contributed by atoms with E-state index in [1.807, 2.05) is 12.1 Å². The number of nitrogens with one attached hydrogen (secondary N) is 1. The number of hydrogen-bond acceptors (Lipinski definition) is 5. The zero-order valence-corrected chi connectivity index (χ0v) is 13.0. The highest BCUT2D eigenvalue weighted by Gasteiger charge is 2.25. The molecule has 0 spiro atoms. The first-order valence-corrected chi connectivity index (χ1v) is 8.12. The van der Waals surface area contributed by atoms with E-state index in [1.165, 1.54) is 0 Å². The van der Waals surface area contributed by atoms with Crippen molar-refractivity contribution in [3.63, 3.8) is 0 Å². The highest BCUT2D eigenvalue weighted by atomic mass is 16.5. The van der Waals surface area contributed by atoms with Gasteiger partial charge in [-0.3, -0.25) is 14.7 Å². The summed E-state index contributed by atoms with van der Waals surface area (Å²) in [4.78, 5) is 26.4. The fourth-order valence-electron chi connectivity index (χ4n) is 3.38. The summed E-state index contributed by atoms with van der Waals surface area (Å²) < 4.78 is 5.44. The van der Waals surface area contributed by atoms with Crippen LogP contribution in [-0.2, 0) is 17.7 Å². The third-order valence-electron chi connectivity index (χ3n) is 4.64. The Balaban J connectivity index is 1.57. The first kappa shape index (κ1) is 14.5. The number of hydrogen-bond donors (Lipinski definition) is 1. The second-order valence-electron chi connectivity index (χ2n) is 6.29. The average Bonchev–Trinajstić information content (AvgIpc) is 3.09. The van der Waals surface area contributed by atoms with Gasteiger partial charge in [0.15, 0.2) is 0 Å². The summed E-state index contributed by atoms with van der Waals surface area (Å²) in [6, 6.07) is 3.72. The third-order valence-corrected chi connectivity index (χ3v) is 4.64. The molecule has 1 unspecified atom stereocenters. The van der Waals surface area contributed by atoms with Crippen molar-refractivity contribution in [2.45, 2.75) is 19.4 Å². The minimum atomic E-state index is -0.0193. The second-order valence-corrected chi connectivity index (χ2v) is 6.29. The molecule has 2 aliphatic heterocycles. The topological polar surface area (TPSA) is 71.1 Å². The lowest BCUT2D eigenvalue weighted by Gasteiger charge is -2.29. The van der Waals surface area contributed by atoms with Crippen molar-refractivity contribution in [2.24, 2.45) is 5.92 Å². The highest BCUT2D eigenvalue weighted by molar-refractivity contribution is 5.54. The summed E-state index contributed by atoms with van der Waals surface area (Å²) in [5, 5.41) is 0. The van der Waals surface area contributed by atoms with Gasteiger partial charge in [-0.05, 0) is 24.5 Å². The molecule has 0 amide bonds. The number of ether oxygens (including phenoxy) is 1. The molecule has 4 rings (SSSR count). The lowest BCUT2D eigenvalue weighted by molar-refractivity contribution is 0.161. The van der Waals surface area contributed by atoms with Crippen LogP contribution in [0, 0.1) is 5.92 Å². The van der Waals surface area contributed by atoms with Crippen molar-refractivity contribution < 1.29 is 4.74 Å². The molecule has 1 saturated heterocycles. The quantitative estimate of drug-likeness (QED) is 0.923. The molecular weight excluding hydrogens is 292 g/mol. The van der Waals surface area contributed by atoms with E-state index >= 15 is 0 Å². The SMILES string of the molecule is O=c1[nH]c(-c2ccncc2)nc2c1CN(CC1CCOC1)CC2. The number of H-pyrrole nitrogens is 1. The van der Waals surface area contributed by atoms with E-state index in [-0.39, 0.29) is 5.56 Å². The smallest absolute Gasteiger partial charge is 0.255 e. The van der Waals surface area contributed by atoms with E-state index in [0.29, 0.717) is 18.3 Å². The van der Waals surface area contributed by atoms with Crippen molar-refractivity contribution in [3.05, 3.63) is 46.1 Å². The zero-order chi connectivity index (χ0) is 15.6. The molecule has 23 heavy (non-hydrogen) atoms. The van der Waals surface area contributed by atoms with Gasteiger partial charge < -0.3 is 9.72 Å². The third kappa shape index (κ3) is 3.04. The molecule has 2 aromatic rings. The second kappa shape index (κ2) is 6.22. The molecule has 1 fully saturated rings. The molecule has 6 nitrogen and oxygen atoms in total. The molecule has 1 N–H and O–H groups in total. The summed E-state index contributed by atoms with van der Waals surface area (Å²) in [5.74, 6) is 1.23. The van der Waals surface area contributed by atoms with Crippen molar-refractivity contribution >= 4 is 0 Å². The van der Waals surface area contributed by atoms with Crippen molar-refractivity contribution in [2.75, 3.05) is 26.3 Å². The number of fused-ring (bicyclic) bond motifs is 1. The van der Waals surface area contributed by atoms with E-state index in [0.717, 1.165) is 56.0 Å². The van der Waals surface area contributed by atoms with Crippen LogP contribution >= 0.6 is 0 Å². The number of rotatable bonds is 3. The van der Waals surface area contributed by atoms with Gasteiger partial charge in [-0.15, -0.1) is 0 Å². The van der Waals surface area contributed by atoms with Crippen LogP contribution in [-0.4, -0.2) is 46.2 Å². The first-order chi connectivity index (χ1) is 11.3. The summed E-state index contributed by atoms with van der Waals surface area (Å²) in [7, 11) is 0. The Labute approximate surface area is 134 Å². The summed E-state index contributed by atoms with van der Waals surface area (Å²) in [5.41, 5.74) is 2.62. The van der Waals surface area contributed by atoms with E-state index in [4.69, 9.17) is 4.74 Å². The van der Waals surface area contributed by atoms with E-state index < -0.39 is 0 Å². The molecule has 1 atom stereocenters. The van der Waals surface area contributed by atoms with Crippen LogP contribution in [0.2, 0.25) is 0 Å². The van der Waals surface area contributed by atoms with Crippen LogP contribution in [0.4, 0.5) is 0 Å². The minimum Gasteiger partial charge on any atom is -0.381 e. The van der Waals surface area contributed by atoms with Crippen LogP contribution in [0.5, 0.6) is 0 Å². The van der Waals surface area contributed by atoms with Gasteiger partial charge in [-0.1, -0.05) is 0 Å². The van der Waals surface area contributed by atoms with Crippen LogP contribution in [0.1, 0.15) is 17.7 Å². The van der Waals surface area contributed by atoms with Crippen molar-refractivity contribution in [1.29, 1.82) is 0 Å². The molecule has 0 bridgehead atoms. The molecule has 0 saturated carbocycles. The average molecular weight is 312 g/mol. The normalized spacial score (nSPS) is 21.3. The fraction of sp³-hybridized carbons (Fsp3) is 0.471. The number of aromatic nitrogens is 3. The predicted molar refractivity (Wildman–Crippen MR) is 86.0 cm³/mol. The molecular formula is C17H20N4O2. The van der Waals surface area contributed by atoms with Crippen LogP contribution in [0.3, 0.4) is 0 Å². The molecule has 6 heteroatoms. The summed E-state index contributed by atoms with van der Waals surface area (Å²) in [6.45, 7) is 4.36. The molecule has 4 heterocycles. The van der Waals surface area contributed by atoms with E-state index in [2.05, 4.69) is 19.9 Å². The van der Waals surface area contributed by atoms with Crippen LogP contribution in [0.15, 0.2) is 29.3 Å². The van der Waals surface area contributed by atoms with Crippen LogP contribution in [0.25, 0.3) is 11.4 Å². The van der Waals surface area contributed by atoms with E-state index in [9.17, 15) is 4.79 Å². The monoisotopic (exact) mass is 312 g/mol. The summed E-state index contributed by atoms with van der Waals surface area (Å²) >= 11 is 0. The largest absolute Gasteiger partial charge is 0.381 e. The Morgan fingerprint density at radius 3 is 3.00 bits per heavy atom. The number of aromatic amines is 1. The Morgan fingerprint density at radius 1 is 1.35 bits per heavy atom. The molecule has 2 aliphatic rings. The summed E-state index contributed by atoms with van der Waals surface area (Å²) in [6.07, 6.45) is 5.37. The number of pyridine rings is 1. The Kier molecular flexibility index (Phi) is 3.93. The fourth-order valence-corrected chi connectivity index (χ4v) is 3.38. The maximum Gasteiger partial charge on any atom is 0.255 e. The van der Waals surface area contributed by atoms with E-state index in [1.54, 1.807) is 12.4 Å². The predicted octanol–water partition coefficient (Wildman–Crippen LogP) is 1.23. The molecule has 120 valence electrons. The van der Waals surface area contributed by atoms with Gasteiger partial charge in [0.25, 0.3) is 5.56 Å². The first-order valence-electron chi connectivity index (χ1n) is 8.12. The van der Waals surface area contributed by atoms with Crippen molar-refractivity contribution in [3.8, 4) is 11.4 Å². The van der Waals surface area contributed by atoms with Gasteiger partial charge >= 0.3 is 0 Å². The molecule has 0 radical (unpaired) electrons. The van der Waals surface area contributed by atoms with Gasteiger partial charge in [-0.2, -0.15) is 0 Å². The van der Waals surface area contributed by atoms with Crippen molar-refractivity contribution in [1.82, 2.24) is 19.9 Å². The van der Waals surface area contributed by atoms with Gasteiger partial charge in [-0.25, -0.2) is 4.98 Å². The van der Waals surface area contributed by atoms with Gasteiger partial charge in [0, 0.05) is 50.6 Å². The highest BCUT2D eigenvalue weighted by Crippen LogP contribution is 2.21. The standard InChI is InChI=1S/C17H20N4O2/c22-17-14-10-21(9-12-4-8-23-11-12)7-3-15(14)19-16(20-17)13-1-5-18-6-2-13/h1-2,5-6,12H,3-4,7-11H2,(H,19,20,22). The molecule has 2 aromatic heterocycles. The Morgan fingerprint density at radius 2 is 2.22 bits per heavy atom. The Hall–Kier alpha value is -2.05. The lowest BCUT2D eigenvalue weighted by atomic mass is 10.0. The molecule has 0 aliphatic carbocycles. The van der Waals surface area contributed by atoms with Gasteiger partial charge in [0.2, 0.25) is 0 Å². The zero-order valence-electron chi connectivity index (χ0n) is 13.0. The maximum atomic E-state index is 12.5. The van der Waals surface area contributed by atoms with Gasteiger partial charge in [0.05, 0.1) is 17.9 Å². The van der Waals surface area contributed by atoms with Gasteiger partial charge in [0.1, 0.15) is 5.82 Å². The Bertz CT molecular complexity index is 738. The maximum absolute atomic E-state index is 12.5.